The molecule has 0 N–H and O–H groups in total. The van der Waals surface area contributed by atoms with Crippen molar-refractivity contribution in [2.75, 3.05) is 0 Å². The molecule has 0 aromatic rings. The molecule has 2 aliphatic heterocycles. The normalized spacial score (nSPS) is 23.3. The minimum absolute atomic E-state index is 0.189. The summed E-state index contributed by atoms with van der Waals surface area (Å²) in [5.41, 5.74) is -1.71. The fraction of sp³-hybridized carbons (Fsp3) is 0.929. The van der Waals surface area contributed by atoms with E-state index in [1.807, 2.05) is 0 Å². The smallest absolute Gasteiger partial charge is 0.246 e. The maximum absolute atomic E-state index is 13.2. The predicted molar refractivity (Wildman–Crippen MR) is 172 cm³/mol. The van der Waals surface area contributed by atoms with Gasteiger partial charge >= 0.3 is 12.1 Å². The van der Waals surface area contributed by atoms with Crippen molar-refractivity contribution < 1.29 is 9.59 Å². The first-order chi connectivity index (χ1) is 18.3. The van der Waals surface area contributed by atoms with Crippen LogP contribution in [0.15, 0.2) is 0 Å². The van der Waals surface area contributed by atoms with Gasteiger partial charge in [-0.25, -0.2) is 25.3 Å². The summed E-state index contributed by atoms with van der Waals surface area (Å²) in [4.78, 5) is 26.5. The first-order valence-corrected chi connectivity index (χ1v) is 18.1. The topological polar surface area (TPSA) is 47.1 Å². The Bertz CT molecular complexity index is 632. The number of rotatable bonds is 22. The first-order valence-electron chi connectivity index (χ1n) is 15.2. The molecule has 2 rings (SSSR count). The summed E-state index contributed by atoms with van der Waals surface area (Å²) >= 11 is 14.3. The van der Waals surface area contributed by atoms with Crippen LogP contribution in [0.3, 0.4) is 0 Å². The van der Waals surface area contributed by atoms with Gasteiger partial charge in [0, 0.05) is 0 Å². The van der Waals surface area contributed by atoms with Gasteiger partial charge < -0.3 is 0 Å². The third-order valence-electron chi connectivity index (χ3n) is 8.37. The SMILES string of the molecule is CCCCCCCCCCCCC12N(Br)C(=O)N(Br)C1(CCCCCCCCCCCC)N(Br)C(=O)N2Br. The van der Waals surface area contributed by atoms with Crippen LogP contribution in [-0.4, -0.2) is 39.1 Å². The van der Waals surface area contributed by atoms with Crippen molar-refractivity contribution in [1.29, 1.82) is 0 Å². The number of urea groups is 2. The van der Waals surface area contributed by atoms with E-state index in [1.165, 1.54) is 103 Å². The van der Waals surface area contributed by atoms with E-state index in [-0.39, 0.29) is 12.1 Å². The number of amides is 4. The van der Waals surface area contributed by atoms with Crippen molar-refractivity contribution in [3.63, 3.8) is 0 Å². The van der Waals surface area contributed by atoms with Crippen molar-refractivity contribution in [2.45, 2.75) is 166 Å². The molecule has 0 unspecified atom stereocenters. The van der Waals surface area contributed by atoms with Gasteiger partial charge in [-0.05, 0) is 25.7 Å². The summed E-state index contributed by atoms with van der Waals surface area (Å²) in [6.07, 6.45) is 26.3. The van der Waals surface area contributed by atoms with E-state index >= 15 is 0 Å². The molecule has 0 spiro atoms. The summed E-state index contributed by atoms with van der Waals surface area (Å²) in [7, 11) is 0. The summed E-state index contributed by atoms with van der Waals surface area (Å²) in [5, 5.41) is 0. The average Bonchev–Trinajstić information content (AvgIpc) is 3.18. The van der Waals surface area contributed by atoms with Crippen LogP contribution in [0.4, 0.5) is 9.59 Å². The molecule has 38 heavy (non-hydrogen) atoms. The van der Waals surface area contributed by atoms with Gasteiger partial charge in [0.2, 0.25) is 0 Å². The molecule has 0 radical (unpaired) electrons. The van der Waals surface area contributed by atoms with Gasteiger partial charge in [0.15, 0.2) is 11.3 Å². The number of halogens is 4. The number of hydrogen-bond donors (Lipinski definition) is 0. The molecule has 0 aliphatic carbocycles. The monoisotopic (exact) mass is 790 g/mol. The number of carbonyl (C=O) groups excluding carboxylic acids is 2. The number of carbonyl (C=O) groups is 2. The third kappa shape index (κ3) is 8.05. The van der Waals surface area contributed by atoms with E-state index in [0.717, 1.165) is 25.7 Å². The zero-order valence-corrected chi connectivity index (χ0v) is 30.0. The summed E-state index contributed by atoms with van der Waals surface area (Å²) < 4.78 is 6.30. The zero-order valence-electron chi connectivity index (χ0n) is 23.7. The molecule has 10 heteroatoms. The number of fused-ring (bicyclic) bond motifs is 1. The Balaban J connectivity index is 1.92. The largest absolute Gasteiger partial charge is 0.344 e. The highest BCUT2D eigenvalue weighted by molar-refractivity contribution is 9.09. The molecule has 2 saturated heterocycles. The first kappa shape index (κ1) is 34.7. The fourth-order valence-corrected chi connectivity index (χ4v) is 10.0. The van der Waals surface area contributed by atoms with Crippen molar-refractivity contribution in [3.05, 3.63) is 0 Å². The lowest BCUT2D eigenvalue weighted by atomic mass is 9.85. The van der Waals surface area contributed by atoms with Crippen LogP contribution in [0.25, 0.3) is 0 Å². The highest BCUT2D eigenvalue weighted by Crippen LogP contribution is 2.60. The minimum Gasteiger partial charge on any atom is -0.246 e. The molecule has 4 amide bonds. The Hall–Kier alpha value is 0.460. The van der Waals surface area contributed by atoms with Gasteiger partial charge in [-0.15, -0.1) is 0 Å². The molecule has 0 aromatic carbocycles. The van der Waals surface area contributed by atoms with Crippen molar-refractivity contribution in [1.82, 2.24) is 15.7 Å². The molecule has 0 saturated carbocycles. The van der Waals surface area contributed by atoms with Crippen LogP contribution in [0.5, 0.6) is 0 Å². The van der Waals surface area contributed by atoms with E-state index < -0.39 is 11.3 Å². The van der Waals surface area contributed by atoms with Gasteiger partial charge in [0.1, 0.15) is 0 Å². The number of nitrogens with zero attached hydrogens (tertiary/aromatic N) is 4. The second-order valence-corrected chi connectivity index (χ2v) is 14.0. The van der Waals surface area contributed by atoms with Crippen molar-refractivity contribution in [3.8, 4) is 0 Å². The summed E-state index contributed by atoms with van der Waals surface area (Å²) in [6.45, 7) is 4.51. The van der Waals surface area contributed by atoms with Gasteiger partial charge in [0.05, 0.1) is 64.6 Å². The lowest BCUT2D eigenvalue weighted by Gasteiger charge is -2.44. The van der Waals surface area contributed by atoms with E-state index in [2.05, 4.69) is 78.4 Å². The van der Waals surface area contributed by atoms with Crippen LogP contribution >= 0.6 is 64.6 Å². The Morgan fingerprint density at radius 1 is 0.421 bits per heavy atom. The van der Waals surface area contributed by atoms with Crippen LogP contribution < -0.4 is 0 Å². The molecule has 2 heterocycles. The molecule has 222 valence electrons. The Morgan fingerprint density at radius 2 is 0.632 bits per heavy atom. The molecular formula is C28H50Br4N4O2. The van der Waals surface area contributed by atoms with Gasteiger partial charge in [-0.1, -0.05) is 129 Å². The fourth-order valence-electron chi connectivity index (χ4n) is 6.08. The molecule has 0 bridgehead atoms. The second kappa shape index (κ2) is 18.1. The molecule has 2 fully saturated rings. The molecule has 6 nitrogen and oxygen atoms in total. The van der Waals surface area contributed by atoms with Crippen LogP contribution in [0, 0.1) is 0 Å². The van der Waals surface area contributed by atoms with Crippen molar-refractivity contribution >= 4 is 76.7 Å². The quantitative estimate of drug-likeness (QED) is 0.0809. The number of unbranched alkanes of at least 4 members (excludes halogenated alkanes) is 18. The van der Waals surface area contributed by atoms with Crippen LogP contribution in [0.2, 0.25) is 0 Å². The van der Waals surface area contributed by atoms with Crippen LogP contribution in [-0.2, 0) is 0 Å². The highest BCUT2D eigenvalue weighted by atomic mass is 79.9. The van der Waals surface area contributed by atoms with Gasteiger partial charge in [-0.2, -0.15) is 0 Å². The maximum Gasteiger partial charge on any atom is 0.344 e. The van der Waals surface area contributed by atoms with E-state index in [4.69, 9.17) is 0 Å². The lowest BCUT2D eigenvalue weighted by Crippen LogP contribution is -2.62. The zero-order chi connectivity index (χ0) is 28.0. The molecule has 0 aromatic heterocycles. The third-order valence-corrected chi connectivity index (χ3v) is 11.9. The van der Waals surface area contributed by atoms with E-state index in [0.29, 0.717) is 12.8 Å². The van der Waals surface area contributed by atoms with E-state index in [9.17, 15) is 9.59 Å². The molecule has 2 aliphatic rings. The van der Waals surface area contributed by atoms with Crippen LogP contribution in [0.1, 0.15) is 155 Å². The standard InChI is InChI=1S/C28H50Br4N4O2/c1-3-5-7-9-11-13-15-17-19-21-23-27-28(35(31)25(37)33(27)29,36(32)26(38)34(27)30)24-22-20-18-16-14-12-10-8-6-4-2/h3-24H2,1-2H3. The second-order valence-electron chi connectivity index (χ2n) is 11.2. The molecular weight excluding hydrogens is 744 g/mol. The Morgan fingerprint density at radius 3 is 0.868 bits per heavy atom. The molecule has 0 atom stereocenters. The Labute approximate surface area is 266 Å². The van der Waals surface area contributed by atoms with Gasteiger partial charge in [-0.3, -0.25) is 0 Å². The Kier molecular flexibility index (Phi) is 16.5. The van der Waals surface area contributed by atoms with Gasteiger partial charge in [0.25, 0.3) is 0 Å². The highest BCUT2D eigenvalue weighted by Gasteiger charge is 2.77. The lowest BCUT2D eigenvalue weighted by molar-refractivity contribution is 0.0377. The number of hydrogen-bond acceptors (Lipinski definition) is 2. The van der Waals surface area contributed by atoms with E-state index in [1.54, 1.807) is 15.7 Å². The average molecular weight is 794 g/mol. The summed E-state index contributed by atoms with van der Waals surface area (Å²) in [5.74, 6) is 0. The van der Waals surface area contributed by atoms with Crippen molar-refractivity contribution in [2.24, 2.45) is 0 Å². The minimum atomic E-state index is -0.854. The predicted octanol–water partition coefficient (Wildman–Crippen LogP) is 11.7. The summed E-state index contributed by atoms with van der Waals surface area (Å²) in [6, 6.07) is -0.379. The maximum atomic E-state index is 13.2.